The van der Waals surface area contributed by atoms with Gasteiger partial charge in [0.25, 0.3) is 0 Å². The van der Waals surface area contributed by atoms with Gasteiger partial charge in [-0.15, -0.1) is 0 Å². The van der Waals surface area contributed by atoms with Crippen molar-refractivity contribution in [2.75, 3.05) is 24.7 Å². The maximum atomic E-state index is 6.04. The lowest BCUT2D eigenvalue weighted by atomic mass is 10.0. The van der Waals surface area contributed by atoms with Gasteiger partial charge in [-0.3, -0.25) is 0 Å². The first-order valence-corrected chi connectivity index (χ1v) is 9.96. The maximum Gasteiger partial charge on any atom is 0.157 e. The van der Waals surface area contributed by atoms with Crippen LogP contribution < -0.4 is 4.90 Å². The Balaban J connectivity index is 1.49. The summed E-state index contributed by atoms with van der Waals surface area (Å²) in [5.74, 6) is 0.430. The molecule has 4 rings (SSSR count). The van der Waals surface area contributed by atoms with Crippen LogP contribution in [0.5, 0.6) is 0 Å². The van der Waals surface area contributed by atoms with Crippen LogP contribution in [-0.2, 0) is 15.9 Å². The van der Waals surface area contributed by atoms with Crippen LogP contribution in [0.1, 0.15) is 38.2 Å². The molecule has 138 valence electrons. The summed E-state index contributed by atoms with van der Waals surface area (Å²) < 4.78 is 11.8. The fraction of sp³-hybridized carbons (Fsp3) is 0.478. The summed E-state index contributed by atoms with van der Waals surface area (Å²) in [4.78, 5) is 2.49. The Labute approximate surface area is 157 Å². The average molecular weight is 351 g/mol. The number of benzene rings is 1. The third kappa shape index (κ3) is 3.94. The lowest BCUT2D eigenvalue weighted by molar-refractivity contribution is -0.167. The molecule has 0 amide bonds. The smallest absolute Gasteiger partial charge is 0.157 e. The van der Waals surface area contributed by atoms with Crippen LogP contribution in [0.25, 0.3) is 0 Å². The van der Waals surface area contributed by atoms with E-state index in [1.165, 1.54) is 28.9 Å². The third-order valence-corrected chi connectivity index (χ3v) is 5.40. The van der Waals surface area contributed by atoms with Crippen molar-refractivity contribution in [3.63, 3.8) is 0 Å². The molecular formula is C23H29NO2. The van der Waals surface area contributed by atoms with Gasteiger partial charge in [-0.25, -0.2) is 0 Å². The average Bonchev–Trinajstić information content (AvgIpc) is 2.85. The number of rotatable bonds is 5. The number of allylic oxidation sites excluding steroid dienone is 5. The van der Waals surface area contributed by atoms with Crippen molar-refractivity contribution in [1.29, 1.82) is 0 Å². The molecule has 1 aromatic carbocycles. The SMILES string of the molecule is C[C@H](COC1CCCCO1)CN1C2=CC=CCC2=CCc2ccccc21. The first-order valence-electron chi connectivity index (χ1n) is 9.96. The minimum Gasteiger partial charge on any atom is -0.353 e. The largest absolute Gasteiger partial charge is 0.353 e. The predicted octanol–water partition coefficient (Wildman–Crippen LogP) is 5.00. The number of fused-ring (bicyclic) bond motifs is 2. The fourth-order valence-electron chi connectivity index (χ4n) is 4.00. The molecule has 2 heterocycles. The molecule has 0 spiro atoms. The van der Waals surface area contributed by atoms with Crippen LogP contribution in [0.15, 0.2) is 59.8 Å². The molecule has 1 saturated heterocycles. The van der Waals surface area contributed by atoms with E-state index in [0.29, 0.717) is 5.92 Å². The Morgan fingerprint density at radius 2 is 2.15 bits per heavy atom. The van der Waals surface area contributed by atoms with Gasteiger partial charge in [-0.05, 0) is 61.3 Å². The van der Waals surface area contributed by atoms with Crippen molar-refractivity contribution in [3.05, 3.63) is 65.4 Å². The molecular weight excluding hydrogens is 322 g/mol. The second kappa shape index (κ2) is 8.24. The molecule has 2 aliphatic heterocycles. The van der Waals surface area contributed by atoms with E-state index in [4.69, 9.17) is 9.47 Å². The van der Waals surface area contributed by atoms with Gasteiger partial charge >= 0.3 is 0 Å². The van der Waals surface area contributed by atoms with Crippen molar-refractivity contribution in [2.45, 2.75) is 45.3 Å². The summed E-state index contributed by atoms with van der Waals surface area (Å²) in [7, 11) is 0. The van der Waals surface area contributed by atoms with E-state index in [0.717, 1.165) is 45.4 Å². The van der Waals surface area contributed by atoms with Crippen molar-refractivity contribution in [3.8, 4) is 0 Å². The van der Waals surface area contributed by atoms with E-state index >= 15 is 0 Å². The molecule has 1 aromatic rings. The van der Waals surface area contributed by atoms with Crippen LogP contribution in [0, 0.1) is 5.92 Å². The van der Waals surface area contributed by atoms with E-state index in [2.05, 4.69) is 60.4 Å². The maximum absolute atomic E-state index is 6.04. The van der Waals surface area contributed by atoms with E-state index in [1.807, 2.05) is 0 Å². The number of para-hydroxylation sites is 1. The summed E-state index contributed by atoms with van der Waals surface area (Å²) in [6, 6.07) is 8.79. The summed E-state index contributed by atoms with van der Waals surface area (Å²) in [6.45, 7) is 4.82. The van der Waals surface area contributed by atoms with Crippen LogP contribution >= 0.6 is 0 Å². The van der Waals surface area contributed by atoms with Crippen LogP contribution in [0.3, 0.4) is 0 Å². The summed E-state index contributed by atoms with van der Waals surface area (Å²) in [6.07, 6.45) is 14.5. The third-order valence-electron chi connectivity index (χ3n) is 5.40. The molecule has 0 radical (unpaired) electrons. The molecule has 3 heteroatoms. The number of hydrogen-bond acceptors (Lipinski definition) is 3. The first kappa shape index (κ1) is 17.6. The van der Waals surface area contributed by atoms with E-state index in [1.54, 1.807) is 0 Å². The van der Waals surface area contributed by atoms with Gasteiger partial charge < -0.3 is 14.4 Å². The zero-order chi connectivity index (χ0) is 17.8. The van der Waals surface area contributed by atoms with Gasteiger partial charge in [0.2, 0.25) is 0 Å². The highest BCUT2D eigenvalue weighted by Crippen LogP contribution is 2.35. The van der Waals surface area contributed by atoms with E-state index in [9.17, 15) is 0 Å². The summed E-state index contributed by atoms with van der Waals surface area (Å²) in [5, 5.41) is 0. The van der Waals surface area contributed by atoms with Gasteiger partial charge in [0, 0.05) is 24.5 Å². The second-order valence-corrected chi connectivity index (χ2v) is 7.59. The zero-order valence-corrected chi connectivity index (χ0v) is 15.7. The number of hydrogen-bond donors (Lipinski definition) is 0. The molecule has 2 atom stereocenters. The normalized spacial score (nSPS) is 23.4. The quantitative estimate of drug-likeness (QED) is 0.745. The van der Waals surface area contributed by atoms with Crippen LogP contribution in [0.2, 0.25) is 0 Å². The molecule has 0 N–H and O–H groups in total. The van der Waals surface area contributed by atoms with Crippen molar-refractivity contribution >= 4 is 5.69 Å². The Bertz CT molecular complexity index is 713. The highest BCUT2D eigenvalue weighted by molar-refractivity contribution is 5.65. The Morgan fingerprint density at radius 3 is 3.04 bits per heavy atom. The van der Waals surface area contributed by atoms with Crippen molar-refractivity contribution < 1.29 is 9.47 Å². The minimum absolute atomic E-state index is 0.00472. The standard InChI is InChI=1S/C23H29NO2/c1-18(17-26-23-12-6-7-15-25-23)16-24-21-10-4-2-8-19(21)13-14-20-9-3-5-11-22(20)24/h2-5,8,10-11,14,18,23H,6-7,9,12-13,15-17H2,1H3/t18-,23?/m0/s1. The van der Waals surface area contributed by atoms with Gasteiger partial charge in [0.05, 0.1) is 6.61 Å². The first-order chi connectivity index (χ1) is 12.8. The topological polar surface area (TPSA) is 21.7 Å². The molecule has 1 aliphatic carbocycles. The van der Waals surface area contributed by atoms with Gasteiger partial charge in [-0.1, -0.05) is 43.4 Å². The minimum atomic E-state index is -0.00472. The molecule has 26 heavy (non-hydrogen) atoms. The van der Waals surface area contributed by atoms with Crippen molar-refractivity contribution in [2.24, 2.45) is 5.92 Å². The lowest BCUT2D eigenvalue weighted by Gasteiger charge is -2.33. The number of nitrogens with zero attached hydrogens (tertiary/aromatic N) is 1. The lowest BCUT2D eigenvalue weighted by Crippen LogP contribution is -2.32. The Hall–Kier alpha value is -1.84. The Kier molecular flexibility index (Phi) is 5.57. The zero-order valence-electron chi connectivity index (χ0n) is 15.7. The van der Waals surface area contributed by atoms with E-state index in [-0.39, 0.29) is 6.29 Å². The summed E-state index contributed by atoms with van der Waals surface area (Å²) in [5.41, 5.74) is 5.52. The van der Waals surface area contributed by atoms with Gasteiger partial charge in [0.15, 0.2) is 6.29 Å². The number of ether oxygens (including phenoxy) is 2. The molecule has 0 bridgehead atoms. The highest BCUT2D eigenvalue weighted by Gasteiger charge is 2.24. The van der Waals surface area contributed by atoms with Crippen LogP contribution in [-0.4, -0.2) is 26.0 Å². The number of anilines is 1. The Morgan fingerprint density at radius 1 is 1.23 bits per heavy atom. The molecule has 3 nitrogen and oxygen atoms in total. The molecule has 1 unspecified atom stereocenters. The highest BCUT2D eigenvalue weighted by atomic mass is 16.7. The monoisotopic (exact) mass is 351 g/mol. The van der Waals surface area contributed by atoms with E-state index < -0.39 is 0 Å². The van der Waals surface area contributed by atoms with Crippen molar-refractivity contribution in [1.82, 2.24) is 0 Å². The molecule has 1 fully saturated rings. The molecule has 0 aromatic heterocycles. The fourth-order valence-corrected chi connectivity index (χ4v) is 4.00. The van der Waals surface area contributed by atoms with Crippen LogP contribution in [0.4, 0.5) is 5.69 Å². The molecule has 0 saturated carbocycles. The van der Waals surface area contributed by atoms with Gasteiger partial charge in [-0.2, -0.15) is 0 Å². The van der Waals surface area contributed by atoms with Gasteiger partial charge in [0.1, 0.15) is 0 Å². The predicted molar refractivity (Wildman–Crippen MR) is 106 cm³/mol. The molecule has 3 aliphatic rings. The second-order valence-electron chi connectivity index (χ2n) is 7.59. The summed E-state index contributed by atoms with van der Waals surface area (Å²) >= 11 is 0.